The fourth-order valence-electron chi connectivity index (χ4n) is 5.05. The number of fused-ring (bicyclic) bond motifs is 5. The minimum Gasteiger partial charge on any atom is -0.493 e. The molecule has 0 unspecified atom stereocenters. The number of rotatable bonds is 5. The van der Waals surface area contributed by atoms with Crippen LogP contribution in [0.15, 0.2) is 84.9 Å². The second kappa shape index (κ2) is 8.25. The molecule has 1 heterocycles. The third-order valence-corrected chi connectivity index (χ3v) is 6.62. The summed E-state index contributed by atoms with van der Waals surface area (Å²) < 4.78 is 11.8. The molecule has 5 aromatic rings. The lowest BCUT2D eigenvalue weighted by atomic mass is 9.95. The van der Waals surface area contributed by atoms with Crippen molar-refractivity contribution in [2.24, 2.45) is 0 Å². The summed E-state index contributed by atoms with van der Waals surface area (Å²) in [6.45, 7) is 0.507. The molecule has 0 fully saturated rings. The van der Waals surface area contributed by atoms with Crippen molar-refractivity contribution in [2.75, 3.05) is 7.11 Å². The molecule has 0 saturated heterocycles. The van der Waals surface area contributed by atoms with E-state index >= 15 is 0 Å². The molecule has 0 amide bonds. The van der Waals surface area contributed by atoms with E-state index < -0.39 is 0 Å². The first kappa shape index (κ1) is 19.8. The molecule has 0 bridgehead atoms. The van der Waals surface area contributed by atoms with E-state index in [2.05, 4.69) is 60.7 Å². The summed E-state index contributed by atoms with van der Waals surface area (Å²) >= 11 is 0. The van der Waals surface area contributed by atoms with Crippen molar-refractivity contribution >= 4 is 21.7 Å². The number of ether oxygens (including phenoxy) is 2. The average molecular weight is 432 g/mol. The molecule has 0 aliphatic heterocycles. The lowest BCUT2D eigenvalue weighted by Crippen LogP contribution is -1.99. The van der Waals surface area contributed by atoms with Crippen molar-refractivity contribution in [3.63, 3.8) is 0 Å². The molecular formula is C30H25NO2. The van der Waals surface area contributed by atoms with Gasteiger partial charge in [0.05, 0.1) is 18.3 Å². The zero-order chi connectivity index (χ0) is 22.2. The fourth-order valence-corrected chi connectivity index (χ4v) is 5.05. The minimum atomic E-state index is 0.507. The molecule has 0 saturated carbocycles. The van der Waals surface area contributed by atoms with Gasteiger partial charge in [-0.3, -0.25) is 0 Å². The summed E-state index contributed by atoms with van der Waals surface area (Å²) in [5.74, 6) is 1.48. The highest BCUT2D eigenvalue weighted by Gasteiger charge is 2.22. The molecular weight excluding hydrogens is 406 g/mol. The maximum Gasteiger partial charge on any atom is 0.161 e. The molecule has 3 heteroatoms. The molecule has 4 aromatic carbocycles. The predicted molar refractivity (Wildman–Crippen MR) is 134 cm³/mol. The Bertz CT molecular complexity index is 1470. The number of hydrogen-bond acceptors (Lipinski definition) is 3. The summed E-state index contributed by atoms with van der Waals surface area (Å²) in [7, 11) is 1.69. The molecule has 1 aliphatic carbocycles. The highest BCUT2D eigenvalue weighted by atomic mass is 16.5. The first-order valence-electron chi connectivity index (χ1n) is 11.5. The van der Waals surface area contributed by atoms with Gasteiger partial charge in [-0.25, -0.2) is 4.98 Å². The molecule has 0 N–H and O–H groups in total. The Hall–Kier alpha value is -3.85. The number of benzene rings is 4. The Morgan fingerprint density at radius 3 is 2.48 bits per heavy atom. The topological polar surface area (TPSA) is 31.4 Å². The second-order valence-corrected chi connectivity index (χ2v) is 8.59. The highest BCUT2D eigenvalue weighted by Crippen LogP contribution is 2.41. The van der Waals surface area contributed by atoms with Crippen molar-refractivity contribution in [3.05, 3.63) is 102 Å². The molecule has 3 nitrogen and oxygen atoms in total. The molecule has 6 rings (SSSR count). The Morgan fingerprint density at radius 2 is 1.61 bits per heavy atom. The summed E-state index contributed by atoms with van der Waals surface area (Å²) in [4.78, 5) is 5.17. The van der Waals surface area contributed by atoms with Crippen molar-refractivity contribution < 1.29 is 9.47 Å². The van der Waals surface area contributed by atoms with Crippen LogP contribution in [0.25, 0.3) is 32.9 Å². The molecule has 1 aliphatic rings. The minimum absolute atomic E-state index is 0.507. The van der Waals surface area contributed by atoms with Crippen LogP contribution in [-0.4, -0.2) is 12.1 Å². The monoisotopic (exact) mass is 431 g/mol. The van der Waals surface area contributed by atoms with Crippen molar-refractivity contribution in [2.45, 2.75) is 25.9 Å². The van der Waals surface area contributed by atoms with E-state index in [1.54, 1.807) is 7.11 Å². The van der Waals surface area contributed by atoms with Gasteiger partial charge in [-0.2, -0.15) is 0 Å². The molecule has 33 heavy (non-hydrogen) atoms. The van der Waals surface area contributed by atoms with Crippen molar-refractivity contribution in [3.8, 4) is 22.8 Å². The van der Waals surface area contributed by atoms with Crippen LogP contribution in [0.3, 0.4) is 0 Å². The van der Waals surface area contributed by atoms with Gasteiger partial charge in [0.2, 0.25) is 0 Å². The van der Waals surface area contributed by atoms with Gasteiger partial charge in [-0.1, -0.05) is 60.7 Å². The van der Waals surface area contributed by atoms with E-state index in [0.29, 0.717) is 6.61 Å². The average Bonchev–Trinajstić information content (AvgIpc) is 3.37. The fraction of sp³-hybridized carbons (Fsp3) is 0.167. The van der Waals surface area contributed by atoms with Gasteiger partial charge < -0.3 is 9.47 Å². The summed E-state index contributed by atoms with van der Waals surface area (Å²) in [5.41, 5.74) is 7.16. The highest BCUT2D eigenvalue weighted by molar-refractivity contribution is 6.09. The van der Waals surface area contributed by atoms with Crippen LogP contribution in [0.2, 0.25) is 0 Å². The Labute approximate surface area is 193 Å². The number of aromatic nitrogens is 1. The van der Waals surface area contributed by atoms with Crippen LogP contribution in [0.4, 0.5) is 0 Å². The smallest absolute Gasteiger partial charge is 0.161 e. The molecule has 162 valence electrons. The van der Waals surface area contributed by atoms with E-state index in [9.17, 15) is 0 Å². The summed E-state index contributed by atoms with van der Waals surface area (Å²) in [6, 6.07) is 29.3. The normalized spacial score (nSPS) is 12.8. The zero-order valence-electron chi connectivity index (χ0n) is 18.7. The van der Waals surface area contributed by atoms with Gasteiger partial charge in [0.15, 0.2) is 11.5 Å². The second-order valence-electron chi connectivity index (χ2n) is 8.59. The predicted octanol–water partition coefficient (Wildman–Crippen LogP) is 7.13. The molecule has 0 radical (unpaired) electrons. The van der Waals surface area contributed by atoms with E-state index in [4.69, 9.17) is 14.5 Å². The number of pyridine rings is 1. The molecule has 0 atom stereocenters. The van der Waals surface area contributed by atoms with Gasteiger partial charge in [-0.15, -0.1) is 0 Å². The Balaban J connectivity index is 1.43. The molecule has 0 spiro atoms. The van der Waals surface area contributed by atoms with Gasteiger partial charge >= 0.3 is 0 Å². The summed E-state index contributed by atoms with van der Waals surface area (Å²) in [5, 5.41) is 3.89. The van der Waals surface area contributed by atoms with Crippen LogP contribution in [0.5, 0.6) is 11.5 Å². The number of hydrogen-bond donors (Lipinski definition) is 0. The number of aryl methyl sites for hydroxylation is 1. The first-order valence-corrected chi connectivity index (χ1v) is 11.5. The van der Waals surface area contributed by atoms with E-state index in [1.807, 2.05) is 24.3 Å². The third-order valence-electron chi connectivity index (χ3n) is 6.62. The van der Waals surface area contributed by atoms with Gasteiger partial charge in [-0.05, 0) is 71.0 Å². The Kier molecular flexibility index (Phi) is 4.95. The largest absolute Gasteiger partial charge is 0.493 e. The third kappa shape index (κ3) is 3.50. The van der Waals surface area contributed by atoms with Crippen LogP contribution >= 0.6 is 0 Å². The Morgan fingerprint density at radius 1 is 0.788 bits per heavy atom. The quantitative estimate of drug-likeness (QED) is 0.277. The lowest BCUT2D eigenvalue weighted by Gasteiger charge is -2.16. The maximum absolute atomic E-state index is 6.07. The standard InChI is InChI=1S/C30H25NO2/c1-32-28-18-22(15-17-27(28)33-19-20-8-3-2-4-9-20)30-25-13-7-12-24(25)29-23-11-6-5-10-21(23)14-16-26(29)31-30/h2-6,8-11,14-18H,7,12-13,19H2,1H3. The number of nitrogens with zero attached hydrogens (tertiary/aromatic N) is 1. The van der Waals surface area contributed by atoms with Crippen LogP contribution in [0, 0.1) is 0 Å². The molecule has 1 aromatic heterocycles. The van der Waals surface area contributed by atoms with Crippen LogP contribution in [-0.2, 0) is 19.4 Å². The zero-order valence-corrected chi connectivity index (χ0v) is 18.7. The van der Waals surface area contributed by atoms with Gasteiger partial charge in [0.25, 0.3) is 0 Å². The van der Waals surface area contributed by atoms with Gasteiger partial charge in [0, 0.05) is 10.9 Å². The van der Waals surface area contributed by atoms with Crippen LogP contribution in [0.1, 0.15) is 23.1 Å². The first-order chi connectivity index (χ1) is 16.3. The van der Waals surface area contributed by atoms with E-state index in [1.165, 1.54) is 33.7 Å². The van der Waals surface area contributed by atoms with Crippen molar-refractivity contribution in [1.29, 1.82) is 0 Å². The van der Waals surface area contributed by atoms with E-state index in [0.717, 1.165) is 46.7 Å². The maximum atomic E-state index is 6.07. The van der Waals surface area contributed by atoms with Gasteiger partial charge in [0.1, 0.15) is 6.61 Å². The van der Waals surface area contributed by atoms with Crippen LogP contribution < -0.4 is 9.47 Å². The number of methoxy groups -OCH3 is 1. The SMILES string of the molecule is COc1cc(-c2nc3ccc4ccccc4c3c3c2CCC3)ccc1OCc1ccccc1. The lowest BCUT2D eigenvalue weighted by molar-refractivity contribution is 0.284. The summed E-state index contributed by atoms with van der Waals surface area (Å²) in [6.07, 6.45) is 3.33. The van der Waals surface area contributed by atoms with Crippen molar-refractivity contribution in [1.82, 2.24) is 4.98 Å². The van der Waals surface area contributed by atoms with E-state index in [-0.39, 0.29) is 0 Å².